The van der Waals surface area contributed by atoms with E-state index in [2.05, 4.69) is 9.88 Å². The van der Waals surface area contributed by atoms with Gasteiger partial charge < -0.3 is 10.5 Å². The van der Waals surface area contributed by atoms with E-state index in [9.17, 15) is 10.1 Å². The molecule has 8 nitrogen and oxygen atoms in total. The maximum atomic E-state index is 11.0. The third-order valence-corrected chi connectivity index (χ3v) is 5.06. The summed E-state index contributed by atoms with van der Waals surface area (Å²) in [5.41, 5.74) is 10.5. The minimum atomic E-state index is -0.417. The summed E-state index contributed by atoms with van der Waals surface area (Å²) in [6.45, 7) is 2.20. The van der Waals surface area contributed by atoms with Crippen molar-refractivity contribution in [3.8, 4) is 17.1 Å². The smallest absolute Gasteiger partial charge is 0.273 e. The number of ether oxygens (including phenoxy) is 1. The van der Waals surface area contributed by atoms with Crippen LogP contribution in [0.25, 0.3) is 11.4 Å². The lowest BCUT2D eigenvalue weighted by atomic mass is 10.1. The van der Waals surface area contributed by atoms with Crippen LogP contribution in [0.3, 0.4) is 0 Å². The topological polar surface area (TPSA) is 107 Å². The minimum Gasteiger partial charge on any atom is -0.496 e. The normalized spacial score (nSPS) is 13.7. The molecule has 0 aliphatic carbocycles. The lowest BCUT2D eigenvalue weighted by Gasteiger charge is -2.28. The first-order chi connectivity index (χ1) is 14.0. The largest absolute Gasteiger partial charge is 0.496 e. The average Bonchev–Trinajstić information content (AvgIpc) is 2.74. The van der Waals surface area contributed by atoms with Gasteiger partial charge in [0.15, 0.2) is 5.82 Å². The molecule has 0 fully saturated rings. The molecule has 2 N–H and O–H groups in total. The molecule has 0 radical (unpaired) electrons. The van der Waals surface area contributed by atoms with Gasteiger partial charge in [0.25, 0.3) is 5.69 Å². The van der Waals surface area contributed by atoms with Gasteiger partial charge in [0.1, 0.15) is 5.75 Å². The van der Waals surface area contributed by atoms with Crippen molar-refractivity contribution in [2.75, 3.05) is 19.4 Å². The Morgan fingerprint density at radius 3 is 2.76 bits per heavy atom. The van der Waals surface area contributed by atoms with Gasteiger partial charge in [0, 0.05) is 60.7 Å². The van der Waals surface area contributed by atoms with Gasteiger partial charge in [-0.2, -0.15) is 0 Å². The van der Waals surface area contributed by atoms with Crippen LogP contribution in [0.1, 0.15) is 16.8 Å². The van der Waals surface area contributed by atoms with E-state index in [-0.39, 0.29) is 5.69 Å². The Hall–Kier alpha value is -3.52. The van der Waals surface area contributed by atoms with E-state index in [0.29, 0.717) is 23.8 Å². The molecule has 1 aliphatic heterocycles. The highest BCUT2D eigenvalue weighted by atomic mass is 16.6. The quantitative estimate of drug-likeness (QED) is 0.404. The molecule has 29 heavy (non-hydrogen) atoms. The number of nitrogen functional groups attached to an aromatic ring is 1. The third-order valence-electron chi connectivity index (χ3n) is 5.06. The number of nitro groups is 1. The van der Waals surface area contributed by atoms with Crippen molar-refractivity contribution in [2.24, 2.45) is 0 Å². The Kier molecular flexibility index (Phi) is 5.09. The molecule has 0 unspecified atom stereocenters. The Bertz CT molecular complexity index is 1050. The van der Waals surface area contributed by atoms with Crippen LogP contribution in [0.5, 0.6) is 5.75 Å². The highest BCUT2D eigenvalue weighted by Gasteiger charge is 2.21. The summed E-state index contributed by atoms with van der Waals surface area (Å²) in [5.74, 6) is 1.23. The number of anilines is 1. The van der Waals surface area contributed by atoms with Gasteiger partial charge in [-0.1, -0.05) is 0 Å². The second-order valence-electron chi connectivity index (χ2n) is 7.00. The second kappa shape index (κ2) is 7.84. The molecule has 2 heterocycles. The van der Waals surface area contributed by atoms with Gasteiger partial charge in [-0.05, 0) is 30.3 Å². The summed E-state index contributed by atoms with van der Waals surface area (Å²) in [6.07, 6.45) is 2.70. The van der Waals surface area contributed by atoms with Crippen molar-refractivity contribution in [3.63, 3.8) is 0 Å². The van der Waals surface area contributed by atoms with E-state index in [1.165, 1.54) is 19.2 Å². The van der Waals surface area contributed by atoms with Gasteiger partial charge in [-0.25, -0.2) is 9.97 Å². The first-order valence-electron chi connectivity index (χ1n) is 9.28. The second-order valence-corrected chi connectivity index (χ2v) is 7.00. The number of nitrogens with two attached hydrogens (primary N) is 1. The summed E-state index contributed by atoms with van der Waals surface area (Å²) < 4.78 is 5.36. The Balaban J connectivity index is 1.51. The molecule has 0 spiro atoms. The van der Waals surface area contributed by atoms with Crippen molar-refractivity contribution >= 4 is 11.4 Å². The van der Waals surface area contributed by atoms with Crippen LogP contribution in [0.2, 0.25) is 0 Å². The number of methoxy groups -OCH3 is 1. The van der Waals surface area contributed by atoms with Gasteiger partial charge in [0.05, 0.1) is 23.8 Å². The molecule has 0 saturated carbocycles. The molecule has 0 bridgehead atoms. The number of nitro benzene ring substituents is 1. The molecule has 0 atom stereocenters. The number of rotatable bonds is 5. The van der Waals surface area contributed by atoms with Crippen LogP contribution in [-0.2, 0) is 19.5 Å². The lowest BCUT2D eigenvalue weighted by Crippen LogP contribution is -2.31. The predicted molar refractivity (Wildman–Crippen MR) is 109 cm³/mol. The third kappa shape index (κ3) is 4.02. The molecule has 148 valence electrons. The zero-order chi connectivity index (χ0) is 20.4. The first kappa shape index (κ1) is 18.8. The first-order valence-corrected chi connectivity index (χ1v) is 9.28. The maximum Gasteiger partial charge on any atom is 0.273 e. The number of fused-ring (bicyclic) bond motifs is 1. The van der Waals surface area contributed by atoms with Crippen molar-refractivity contribution in [1.29, 1.82) is 0 Å². The highest BCUT2D eigenvalue weighted by Crippen LogP contribution is 2.28. The SMILES string of the molecule is COc1cc([N+](=O)[O-])ccc1CN1CCc2nc(-c3ccc(N)cc3)ncc2C1. The zero-order valence-electron chi connectivity index (χ0n) is 16.0. The molecule has 2 aromatic carbocycles. The van der Waals surface area contributed by atoms with Crippen LogP contribution in [-0.4, -0.2) is 33.4 Å². The number of hydrogen-bond donors (Lipinski definition) is 1. The Morgan fingerprint density at radius 1 is 1.24 bits per heavy atom. The molecule has 1 aliphatic rings. The summed E-state index contributed by atoms with van der Waals surface area (Å²) in [7, 11) is 1.53. The fraction of sp³-hybridized carbons (Fsp3) is 0.238. The fourth-order valence-electron chi connectivity index (χ4n) is 3.50. The lowest BCUT2D eigenvalue weighted by molar-refractivity contribution is -0.384. The number of non-ortho nitro benzene ring substituents is 1. The number of hydrogen-bond acceptors (Lipinski definition) is 7. The van der Waals surface area contributed by atoms with Crippen LogP contribution < -0.4 is 10.5 Å². The molecular weight excluding hydrogens is 370 g/mol. The van der Waals surface area contributed by atoms with E-state index in [1.54, 1.807) is 6.07 Å². The summed E-state index contributed by atoms with van der Waals surface area (Å²) >= 11 is 0. The average molecular weight is 391 g/mol. The van der Waals surface area contributed by atoms with Crippen molar-refractivity contribution in [2.45, 2.75) is 19.5 Å². The van der Waals surface area contributed by atoms with E-state index in [1.807, 2.05) is 30.5 Å². The van der Waals surface area contributed by atoms with Crippen LogP contribution in [0.15, 0.2) is 48.7 Å². The standard InChI is InChI=1S/C21H21N5O3/c1-29-20-10-18(26(27)28)7-4-15(20)12-25-9-8-19-16(13-25)11-23-21(24-19)14-2-5-17(22)6-3-14/h2-7,10-11H,8-9,12-13,22H2,1H3. The van der Waals surface area contributed by atoms with E-state index in [4.69, 9.17) is 15.5 Å². The van der Waals surface area contributed by atoms with Gasteiger partial charge in [0.2, 0.25) is 0 Å². The molecule has 0 saturated heterocycles. The fourth-order valence-corrected chi connectivity index (χ4v) is 3.50. The van der Waals surface area contributed by atoms with Crippen molar-refractivity contribution in [1.82, 2.24) is 14.9 Å². The van der Waals surface area contributed by atoms with Crippen LogP contribution >= 0.6 is 0 Å². The van der Waals surface area contributed by atoms with Crippen molar-refractivity contribution < 1.29 is 9.66 Å². The molecule has 4 rings (SSSR count). The Morgan fingerprint density at radius 2 is 2.03 bits per heavy atom. The van der Waals surface area contributed by atoms with Crippen molar-refractivity contribution in [3.05, 3.63) is 75.6 Å². The summed E-state index contributed by atoms with van der Waals surface area (Å²) in [5, 5.41) is 11.0. The Labute approximate surface area is 168 Å². The monoisotopic (exact) mass is 391 g/mol. The summed E-state index contributed by atoms with van der Waals surface area (Å²) in [6, 6.07) is 12.3. The number of nitrogens with zero attached hydrogens (tertiary/aromatic N) is 4. The minimum absolute atomic E-state index is 0.0261. The highest BCUT2D eigenvalue weighted by molar-refractivity contribution is 5.58. The maximum absolute atomic E-state index is 11.0. The van der Waals surface area contributed by atoms with E-state index in [0.717, 1.165) is 41.9 Å². The predicted octanol–water partition coefficient (Wildman–Crippen LogP) is 3.20. The number of aromatic nitrogens is 2. The summed E-state index contributed by atoms with van der Waals surface area (Å²) in [4.78, 5) is 22.1. The molecule has 1 aromatic heterocycles. The zero-order valence-corrected chi connectivity index (χ0v) is 16.0. The molecular formula is C21H21N5O3. The molecule has 3 aromatic rings. The molecule has 8 heteroatoms. The van der Waals surface area contributed by atoms with Gasteiger partial charge >= 0.3 is 0 Å². The van der Waals surface area contributed by atoms with Crippen LogP contribution in [0, 0.1) is 10.1 Å². The van der Waals surface area contributed by atoms with Crippen LogP contribution in [0.4, 0.5) is 11.4 Å². The van der Waals surface area contributed by atoms with E-state index < -0.39 is 4.92 Å². The van der Waals surface area contributed by atoms with Gasteiger partial charge in [-0.3, -0.25) is 15.0 Å². The molecule has 0 amide bonds. The van der Waals surface area contributed by atoms with E-state index >= 15 is 0 Å². The van der Waals surface area contributed by atoms with Gasteiger partial charge in [-0.15, -0.1) is 0 Å². The number of benzene rings is 2.